The van der Waals surface area contributed by atoms with Crippen LogP contribution in [0.2, 0.25) is 0 Å². The number of fused-ring (bicyclic) bond motifs is 1. The highest BCUT2D eigenvalue weighted by atomic mass is 19.3. The number of rotatable bonds is 1. The van der Waals surface area contributed by atoms with Crippen molar-refractivity contribution in [3.63, 3.8) is 0 Å². The lowest BCUT2D eigenvalue weighted by Crippen LogP contribution is -2.26. The number of urea groups is 1. The molecule has 0 aromatic heterocycles. The van der Waals surface area contributed by atoms with Gasteiger partial charge in [0.1, 0.15) is 0 Å². The van der Waals surface area contributed by atoms with Gasteiger partial charge in [0.25, 0.3) is 0 Å². The summed E-state index contributed by atoms with van der Waals surface area (Å²) in [5, 5.41) is 5.14. The Labute approximate surface area is 94.7 Å². The summed E-state index contributed by atoms with van der Waals surface area (Å²) < 4.78 is 34.6. The van der Waals surface area contributed by atoms with E-state index in [0.717, 1.165) is 0 Å². The Hall–Kier alpha value is -2.05. The largest absolute Gasteiger partial charge is 0.586 e. The monoisotopic (exact) mass is 242 g/mol. The molecule has 7 heteroatoms. The quantitative estimate of drug-likeness (QED) is 0.781. The maximum Gasteiger partial charge on any atom is 0.586 e. The van der Waals surface area contributed by atoms with E-state index >= 15 is 0 Å². The lowest BCUT2D eigenvalue weighted by molar-refractivity contribution is -0.287. The Kier molecular flexibility index (Phi) is 1.92. The summed E-state index contributed by atoms with van der Waals surface area (Å²) in [5.41, 5.74) is 0.470. The molecule has 17 heavy (non-hydrogen) atoms. The van der Waals surface area contributed by atoms with Crippen LogP contribution in [-0.2, 0) is 0 Å². The van der Waals surface area contributed by atoms with Crippen LogP contribution in [-0.4, -0.2) is 18.9 Å². The van der Waals surface area contributed by atoms with Gasteiger partial charge in [-0.3, -0.25) is 0 Å². The van der Waals surface area contributed by atoms with Crippen LogP contribution < -0.4 is 20.1 Å². The number of halogens is 2. The molecule has 0 radical (unpaired) electrons. The van der Waals surface area contributed by atoms with Crippen molar-refractivity contribution in [1.82, 2.24) is 10.6 Å². The molecule has 1 fully saturated rings. The first-order valence-corrected chi connectivity index (χ1v) is 4.98. The van der Waals surface area contributed by atoms with E-state index in [9.17, 15) is 13.6 Å². The highest BCUT2D eigenvalue weighted by molar-refractivity contribution is 5.77. The van der Waals surface area contributed by atoms with E-state index in [1.54, 1.807) is 12.1 Å². The molecule has 1 aromatic rings. The second-order valence-corrected chi connectivity index (χ2v) is 3.75. The smallest absolute Gasteiger partial charge is 0.395 e. The zero-order valence-corrected chi connectivity index (χ0v) is 8.50. The van der Waals surface area contributed by atoms with Gasteiger partial charge in [-0.05, 0) is 6.07 Å². The fourth-order valence-electron chi connectivity index (χ4n) is 1.91. The highest BCUT2D eigenvalue weighted by Gasteiger charge is 2.45. The lowest BCUT2D eigenvalue weighted by Gasteiger charge is -2.11. The molecule has 2 amide bonds. The summed E-state index contributed by atoms with van der Waals surface area (Å²) in [6, 6.07) is 3.85. The van der Waals surface area contributed by atoms with Crippen LogP contribution in [0.25, 0.3) is 0 Å². The van der Waals surface area contributed by atoms with Gasteiger partial charge >= 0.3 is 12.3 Å². The van der Waals surface area contributed by atoms with Crippen molar-refractivity contribution >= 4 is 6.03 Å². The van der Waals surface area contributed by atoms with Crippen LogP contribution in [0.1, 0.15) is 11.6 Å². The van der Waals surface area contributed by atoms with Crippen molar-refractivity contribution < 1.29 is 23.0 Å². The number of hydrogen-bond donors (Lipinski definition) is 2. The van der Waals surface area contributed by atoms with E-state index in [1.807, 2.05) is 0 Å². The van der Waals surface area contributed by atoms with E-state index in [-0.39, 0.29) is 17.5 Å². The van der Waals surface area contributed by atoms with Gasteiger partial charge in [-0.15, -0.1) is 8.78 Å². The first-order chi connectivity index (χ1) is 8.05. The van der Waals surface area contributed by atoms with Gasteiger partial charge in [-0.2, -0.15) is 0 Å². The third kappa shape index (κ3) is 1.63. The molecule has 1 atom stereocenters. The topological polar surface area (TPSA) is 59.6 Å². The maximum absolute atomic E-state index is 12.9. The number of nitrogens with one attached hydrogen (secondary N) is 2. The molecule has 1 aromatic carbocycles. The molecule has 5 nitrogen and oxygen atoms in total. The molecule has 90 valence electrons. The van der Waals surface area contributed by atoms with Crippen molar-refractivity contribution in [3.8, 4) is 11.5 Å². The molecule has 2 aliphatic rings. The van der Waals surface area contributed by atoms with Crippen LogP contribution in [0, 0.1) is 0 Å². The molecule has 2 heterocycles. The van der Waals surface area contributed by atoms with Gasteiger partial charge < -0.3 is 20.1 Å². The Bertz CT molecular complexity index is 492. The molecule has 0 saturated carbocycles. The standard InChI is InChI=1S/C10H8F2N2O3/c11-10(12)16-7-3-1-2-5(8(7)17-10)6-4-13-9(15)14-6/h1-3,6H,4H2,(H2,13,14,15)/t6-/m1/s1. The molecule has 0 bridgehead atoms. The van der Waals surface area contributed by atoms with E-state index in [4.69, 9.17) is 0 Å². The number of benzene rings is 1. The number of amides is 2. The molecule has 0 unspecified atom stereocenters. The third-order valence-corrected chi connectivity index (χ3v) is 2.61. The van der Waals surface area contributed by atoms with Gasteiger partial charge in [0, 0.05) is 12.1 Å². The number of para-hydroxylation sites is 1. The molecular formula is C10H8F2N2O3. The summed E-state index contributed by atoms with van der Waals surface area (Å²) in [6.07, 6.45) is -3.64. The maximum atomic E-state index is 12.9. The van der Waals surface area contributed by atoms with Crippen LogP contribution in [0.15, 0.2) is 18.2 Å². The second kappa shape index (κ2) is 3.22. The van der Waals surface area contributed by atoms with E-state index < -0.39 is 12.3 Å². The normalized spacial score (nSPS) is 24.4. The van der Waals surface area contributed by atoms with Gasteiger partial charge in [0.05, 0.1) is 6.04 Å². The van der Waals surface area contributed by atoms with Crippen molar-refractivity contribution in [2.45, 2.75) is 12.3 Å². The van der Waals surface area contributed by atoms with Crippen molar-refractivity contribution in [2.24, 2.45) is 0 Å². The second-order valence-electron chi connectivity index (χ2n) is 3.75. The number of carbonyl (C=O) groups excluding carboxylic acids is 1. The molecular weight excluding hydrogens is 234 g/mol. The third-order valence-electron chi connectivity index (χ3n) is 2.61. The molecule has 0 spiro atoms. The SMILES string of the molecule is O=C1NC[C@H](c2cccc3c2OC(F)(F)O3)N1. The molecule has 2 aliphatic heterocycles. The summed E-state index contributed by atoms with van der Waals surface area (Å²) in [5.74, 6) is -0.0415. The van der Waals surface area contributed by atoms with Crippen molar-refractivity contribution in [3.05, 3.63) is 23.8 Å². The zero-order valence-electron chi connectivity index (χ0n) is 8.50. The number of hydrogen-bond acceptors (Lipinski definition) is 3. The predicted molar refractivity (Wildman–Crippen MR) is 51.9 cm³/mol. The minimum atomic E-state index is -3.64. The van der Waals surface area contributed by atoms with Gasteiger partial charge in [-0.25, -0.2) is 4.79 Å². The lowest BCUT2D eigenvalue weighted by atomic mass is 10.1. The molecule has 3 rings (SSSR count). The minimum absolute atomic E-state index is 0.0198. The fraction of sp³-hybridized carbons (Fsp3) is 0.300. The average Bonchev–Trinajstić information content (AvgIpc) is 2.78. The van der Waals surface area contributed by atoms with E-state index in [2.05, 4.69) is 20.1 Å². The van der Waals surface area contributed by atoms with Crippen LogP contribution in [0.4, 0.5) is 13.6 Å². The summed E-state index contributed by atoms with van der Waals surface area (Å²) in [4.78, 5) is 11.0. The van der Waals surface area contributed by atoms with Gasteiger partial charge in [-0.1, -0.05) is 12.1 Å². The Balaban J connectivity index is 1.98. The Morgan fingerprint density at radius 3 is 2.88 bits per heavy atom. The van der Waals surface area contributed by atoms with Crippen LogP contribution in [0.3, 0.4) is 0 Å². The number of ether oxygens (including phenoxy) is 2. The fourth-order valence-corrected chi connectivity index (χ4v) is 1.91. The first kappa shape index (κ1) is 10.1. The minimum Gasteiger partial charge on any atom is -0.395 e. The summed E-state index contributed by atoms with van der Waals surface area (Å²) in [7, 11) is 0. The summed E-state index contributed by atoms with van der Waals surface area (Å²) in [6.45, 7) is 0.324. The van der Waals surface area contributed by atoms with E-state index in [1.165, 1.54) is 6.07 Å². The van der Waals surface area contributed by atoms with Crippen LogP contribution >= 0.6 is 0 Å². The van der Waals surface area contributed by atoms with Gasteiger partial charge in [0.15, 0.2) is 11.5 Å². The Morgan fingerprint density at radius 1 is 1.35 bits per heavy atom. The van der Waals surface area contributed by atoms with E-state index in [0.29, 0.717) is 12.1 Å². The zero-order chi connectivity index (χ0) is 12.0. The number of alkyl halides is 2. The van der Waals surface area contributed by atoms with Crippen molar-refractivity contribution in [2.75, 3.05) is 6.54 Å². The van der Waals surface area contributed by atoms with Crippen LogP contribution in [0.5, 0.6) is 11.5 Å². The number of carbonyl (C=O) groups is 1. The van der Waals surface area contributed by atoms with Gasteiger partial charge in [0.2, 0.25) is 0 Å². The molecule has 1 saturated heterocycles. The summed E-state index contributed by atoms with van der Waals surface area (Å²) >= 11 is 0. The first-order valence-electron chi connectivity index (χ1n) is 4.98. The predicted octanol–water partition coefficient (Wildman–Crippen LogP) is 1.36. The van der Waals surface area contributed by atoms with Crippen molar-refractivity contribution in [1.29, 1.82) is 0 Å². The average molecular weight is 242 g/mol. The Morgan fingerprint density at radius 2 is 2.18 bits per heavy atom. The molecule has 0 aliphatic carbocycles. The highest BCUT2D eigenvalue weighted by Crippen LogP contribution is 2.45. The molecule has 2 N–H and O–H groups in total.